The van der Waals surface area contributed by atoms with Crippen LogP contribution < -0.4 is 5.32 Å². The first-order chi connectivity index (χ1) is 11.5. The molecule has 0 spiro atoms. The fourth-order valence-electron chi connectivity index (χ4n) is 2.84. The lowest BCUT2D eigenvalue weighted by Crippen LogP contribution is -2.26. The Bertz CT molecular complexity index is 821. The maximum absolute atomic E-state index is 12.6. The van der Waals surface area contributed by atoms with Crippen LogP contribution in [0.5, 0.6) is 0 Å². The van der Waals surface area contributed by atoms with E-state index in [0.29, 0.717) is 39.9 Å². The van der Waals surface area contributed by atoms with Gasteiger partial charge in [0.05, 0.1) is 21.8 Å². The standard InChI is InChI=1S/C18H16Cl2N2O2/c1-2-8-22-10-11-4-3-5-13(16(11)18(22)24)17(23)21-15-7-6-12(19)9-14(15)20/h3-7,9H,2,8,10H2,1H3,(H,21,23). The van der Waals surface area contributed by atoms with Gasteiger partial charge >= 0.3 is 0 Å². The molecule has 1 aliphatic rings. The topological polar surface area (TPSA) is 49.4 Å². The van der Waals surface area contributed by atoms with Crippen LogP contribution in [0.2, 0.25) is 10.0 Å². The second-order valence-electron chi connectivity index (χ2n) is 5.64. The molecular weight excluding hydrogens is 347 g/mol. The van der Waals surface area contributed by atoms with Gasteiger partial charge in [0.25, 0.3) is 11.8 Å². The lowest BCUT2D eigenvalue weighted by atomic mass is 10.0. The van der Waals surface area contributed by atoms with Crippen LogP contribution in [0.25, 0.3) is 0 Å². The molecular formula is C18H16Cl2N2O2. The van der Waals surface area contributed by atoms with Gasteiger partial charge in [0.1, 0.15) is 0 Å². The first-order valence-electron chi connectivity index (χ1n) is 7.68. The van der Waals surface area contributed by atoms with E-state index in [-0.39, 0.29) is 11.8 Å². The first-order valence-corrected chi connectivity index (χ1v) is 8.44. The minimum atomic E-state index is -0.359. The van der Waals surface area contributed by atoms with Gasteiger partial charge in [-0.2, -0.15) is 0 Å². The predicted molar refractivity (Wildman–Crippen MR) is 95.9 cm³/mol. The van der Waals surface area contributed by atoms with E-state index in [9.17, 15) is 9.59 Å². The lowest BCUT2D eigenvalue weighted by molar-refractivity contribution is 0.0774. The Labute approximate surface area is 150 Å². The van der Waals surface area contributed by atoms with E-state index in [2.05, 4.69) is 5.32 Å². The van der Waals surface area contributed by atoms with Crippen LogP contribution in [0.3, 0.4) is 0 Å². The summed E-state index contributed by atoms with van der Waals surface area (Å²) in [6, 6.07) is 10.2. The number of halogens is 2. The number of amides is 2. The van der Waals surface area contributed by atoms with Crippen LogP contribution in [0.4, 0.5) is 5.69 Å². The van der Waals surface area contributed by atoms with Crippen LogP contribution in [0.15, 0.2) is 36.4 Å². The van der Waals surface area contributed by atoms with Crippen molar-refractivity contribution in [1.82, 2.24) is 4.90 Å². The molecule has 24 heavy (non-hydrogen) atoms. The normalized spacial score (nSPS) is 13.1. The molecule has 0 saturated carbocycles. The molecule has 4 nitrogen and oxygen atoms in total. The van der Waals surface area contributed by atoms with Crippen LogP contribution in [0.1, 0.15) is 39.6 Å². The SMILES string of the molecule is CCCN1Cc2cccc(C(=O)Nc3ccc(Cl)cc3Cl)c2C1=O. The van der Waals surface area contributed by atoms with Crippen LogP contribution in [0, 0.1) is 0 Å². The molecule has 2 amide bonds. The van der Waals surface area contributed by atoms with Gasteiger partial charge in [0, 0.05) is 18.1 Å². The molecule has 3 rings (SSSR count). The van der Waals surface area contributed by atoms with E-state index < -0.39 is 0 Å². The van der Waals surface area contributed by atoms with E-state index in [1.54, 1.807) is 35.2 Å². The van der Waals surface area contributed by atoms with Gasteiger partial charge in [-0.25, -0.2) is 0 Å². The number of benzene rings is 2. The Morgan fingerprint density at radius 3 is 2.75 bits per heavy atom. The van der Waals surface area contributed by atoms with Gasteiger partial charge in [0.2, 0.25) is 0 Å². The van der Waals surface area contributed by atoms with E-state index in [0.717, 1.165) is 12.0 Å². The molecule has 124 valence electrons. The molecule has 1 heterocycles. The predicted octanol–water partition coefficient (Wildman–Crippen LogP) is 4.61. The third kappa shape index (κ3) is 3.12. The van der Waals surface area contributed by atoms with Crippen molar-refractivity contribution in [3.05, 3.63) is 63.1 Å². The van der Waals surface area contributed by atoms with Crippen molar-refractivity contribution in [2.75, 3.05) is 11.9 Å². The number of fused-ring (bicyclic) bond motifs is 1. The number of hydrogen-bond acceptors (Lipinski definition) is 2. The van der Waals surface area contributed by atoms with Crippen molar-refractivity contribution in [1.29, 1.82) is 0 Å². The molecule has 1 N–H and O–H groups in total. The zero-order chi connectivity index (χ0) is 17.3. The molecule has 0 saturated heterocycles. The number of carbonyl (C=O) groups is 2. The van der Waals surface area contributed by atoms with Gasteiger partial charge in [-0.1, -0.05) is 42.3 Å². The molecule has 0 unspecified atom stereocenters. The van der Waals surface area contributed by atoms with Crippen molar-refractivity contribution in [2.45, 2.75) is 19.9 Å². The van der Waals surface area contributed by atoms with Crippen LogP contribution >= 0.6 is 23.2 Å². The molecule has 0 aromatic heterocycles. The molecule has 0 fully saturated rings. The third-order valence-corrected chi connectivity index (χ3v) is 4.48. The van der Waals surface area contributed by atoms with Crippen LogP contribution in [-0.2, 0) is 6.54 Å². The summed E-state index contributed by atoms with van der Waals surface area (Å²) in [6.07, 6.45) is 0.877. The van der Waals surface area contributed by atoms with Gasteiger partial charge < -0.3 is 10.2 Å². The smallest absolute Gasteiger partial charge is 0.256 e. The van der Waals surface area contributed by atoms with Crippen molar-refractivity contribution < 1.29 is 9.59 Å². The summed E-state index contributed by atoms with van der Waals surface area (Å²) in [5.74, 6) is -0.456. The Kier molecular flexibility index (Phi) is 4.78. The Balaban J connectivity index is 1.90. The molecule has 0 atom stereocenters. The van der Waals surface area contributed by atoms with Crippen molar-refractivity contribution in [3.8, 4) is 0 Å². The summed E-state index contributed by atoms with van der Waals surface area (Å²) in [5.41, 5.74) is 2.18. The quantitative estimate of drug-likeness (QED) is 0.862. The zero-order valence-electron chi connectivity index (χ0n) is 13.1. The summed E-state index contributed by atoms with van der Waals surface area (Å²) in [7, 11) is 0. The monoisotopic (exact) mass is 362 g/mol. The largest absolute Gasteiger partial charge is 0.334 e. The van der Waals surface area contributed by atoms with Crippen molar-refractivity contribution in [3.63, 3.8) is 0 Å². The molecule has 6 heteroatoms. The molecule has 2 aromatic rings. The summed E-state index contributed by atoms with van der Waals surface area (Å²) < 4.78 is 0. The lowest BCUT2D eigenvalue weighted by Gasteiger charge is -2.14. The Morgan fingerprint density at radius 1 is 1.25 bits per heavy atom. The van der Waals surface area contributed by atoms with Gasteiger partial charge in [-0.05, 0) is 36.2 Å². The fraction of sp³-hybridized carbons (Fsp3) is 0.222. The van der Waals surface area contributed by atoms with Crippen LogP contribution in [-0.4, -0.2) is 23.3 Å². The second-order valence-corrected chi connectivity index (χ2v) is 6.49. The average molecular weight is 363 g/mol. The number of anilines is 1. The first kappa shape index (κ1) is 16.8. The van der Waals surface area contributed by atoms with Gasteiger partial charge in [0.15, 0.2) is 0 Å². The Morgan fingerprint density at radius 2 is 2.04 bits per heavy atom. The molecule has 0 radical (unpaired) electrons. The number of nitrogens with one attached hydrogen (secondary N) is 1. The highest BCUT2D eigenvalue weighted by molar-refractivity contribution is 6.37. The number of nitrogens with zero attached hydrogens (tertiary/aromatic N) is 1. The molecule has 2 aromatic carbocycles. The highest BCUT2D eigenvalue weighted by atomic mass is 35.5. The zero-order valence-corrected chi connectivity index (χ0v) is 14.6. The van der Waals surface area contributed by atoms with E-state index in [1.165, 1.54) is 0 Å². The molecule has 0 bridgehead atoms. The van der Waals surface area contributed by atoms with Crippen molar-refractivity contribution >= 4 is 40.7 Å². The number of hydrogen-bond donors (Lipinski definition) is 1. The maximum Gasteiger partial charge on any atom is 0.256 e. The third-order valence-electron chi connectivity index (χ3n) is 3.93. The summed E-state index contributed by atoms with van der Waals surface area (Å²) in [4.78, 5) is 27.0. The maximum atomic E-state index is 12.6. The minimum Gasteiger partial charge on any atom is -0.334 e. The van der Waals surface area contributed by atoms with Gasteiger partial charge in [-0.3, -0.25) is 9.59 Å². The summed E-state index contributed by atoms with van der Waals surface area (Å²) >= 11 is 12.0. The van der Waals surface area contributed by atoms with Gasteiger partial charge in [-0.15, -0.1) is 0 Å². The van der Waals surface area contributed by atoms with E-state index in [1.807, 2.05) is 13.0 Å². The van der Waals surface area contributed by atoms with E-state index >= 15 is 0 Å². The highest BCUT2D eigenvalue weighted by Gasteiger charge is 2.31. The Hall–Kier alpha value is -2.04. The summed E-state index contributed by atoms with van der Waals surface area (Å²) in [5, 5.41) is 3.59. The van der Waals surface area contributed by atoms with E-state index in [4.69, 9.17) is 23.2 Å². The van der Waals surface area contributed by atoms with Crippen molar-refractivity contribution in [2.24, 2.45) is 0 Å². The minimum absolute atomic E-state index is 0.0974. The number of rotatable bonds is 4. The second kappa shape index (κ2) is 6.83. The number of carbonyl (C=O) groups excluding carboxylic acids is 2. The fourth-order valence-corrected chi connectivity index (χ4v) is 3.30. The molecule has 1 aliphatic heterocycles. The highest BCUT2D eigenvalue weighted by Crippen LogP contribution is 2.29. The average Bonchev–Trinajstić information content (AvgIpc) is 2.87. The summed E-state index contributed by atoms with van der Waals surface area (Å²) in [6.45, 7) is 3.24. The molecule has 0 aliphatic carbocycles.